The van der Waals surface area contributed by atoms with Gasteiger partial charge in [-0.1, -0.05) is 6.07 Å². The number of nitrogens with zero attached hydrogens (tertiary/aromatic N) is 1. The van der Waals surface area contributed by atoms with Gasteiger partial charge in [-0.15, -0.1) is 0 Å². The number of rotatable bonds is 3. The largest absolute Gasteiger partial charge is 0.370 e. The molecule has 1 heterocycles. The monoisotopic (exact) mass is 300 g/mol. The molecule has 1 aromatic carbocycles. The Hall–Kier alpha value is -1.84. The molecule has 0 aromatic heterocycles. The van der Waals surface area contributed by atoms with Gasteiger partial charge in [0.15, 0.2) is 0 Å². The van der Waals surface area contributed by atoms with Gasteiger partial charge in [0.2, 0.25) is 5.91 Å². The summed E-state index contributed by atoms with van der Waals surface area (Å²) in [5, 5.41) is 0. The molecule has 3 rings (SSSR count). The molecule has 0 saturated carbocycles. The zero-order chi connectivity index (χ0) is 15.5. The fourth-order valence-corrected chi connectivity index (χ4v) is 3.74. The minimum absolute atomic E-state index is 0.0326. The topological polar surface area (TPSA) is 63.4 Å². The average Bonchev–Trinajstić information content (AvgIpc) is 2.54. The standard InChI is InChI=1S/C18H24N2O2/c19-17(21)12-16-7-3-4-10-20(16)18(22)15-9-8-13-5-1-2-6-14(13)11-15/h8-9,11,16H,1-7,10,12H2,(H2,19,21)/t16-/m0/s1. The second kappa shape index (κ2) is 6.51. The zero-order valence-corrected chi connectivity index (χ0v) is 13.0. The maximum atomic E-state index is 12.9. The van der Waals surface area contributed by atoms with E-state index < -0.39 is 0 Å². The molecule has 1 aliphatic carbocycles. The van der Waals surface area contributed by atoms with Crippen LogP contribution in [-0.4, -0.2) is 29.3 Å². The number of hydrogen-bond donors (Lipinski definition) is 1. The van der Waals surface area contributed by atoms with Crippen LogP contribution in [0.25, 0.3) is 0 Å². The summed E-state index contributed by atoms with van der Waals surface area (Å²) in [6, 6.07) is 6.08. The highest BCUT2D eigenvalue weighted by Crippen LogP contribution is 2.25. The van der Waals surface area contributed by atoms with Crippen molar-refractivity contribution in [1.82, 2.24) is 4.90 Å². The van der Waals surface area contributed by atoms with Crippen LogP contribution in [0.1, 0.15) is 60.0 Å². The summed E-state index contributed by atoms with van der Waals surface area (Å²) in [6.07, 6.45) is 7.86. The second-order valence-electron chi connectivity index (χ2n) is 6.51. The molecule has 0 spiro atoms. The maximum Gasteiger partial charge on any atom is 0.254 e. The Morgan fingerprint density at radius 1 is 1.09 bits per heavy atom. The van der Waals surface area contributed by atoms with Gasteiger partial charge in [0.05, 0.1) is 0 Å². The lowest BCUT2D eigenvalue weighted by Crippen LogP contribution is -2.45. The fraction of sp³-hybridized carbons (Fsp3) is 0.556. The lowest BCUT2D eigenvalue weighted by atomic mass is 9.90. The molecule has 1 saturated heterocycles. The maximum absolute atomic E-state index is 12.9. The van der Waals surface area contributed by atoms with Gasteiger partial charge in [-0.25, -0.2) is 0 Å². The molecule has 4 nitrogen and oxygen atoms in total. The number of aryl methyl sites for hydroxylation is 2. The van der Waals surface area contributed by atoms with Crippen molar-refractivity contribution in [3.05, 3.63) is 34.9 Å². The fourth-order valence-electron chi connectivity index (χ4n) is 3.74. The minimum atomic E-state index is -0.324. The van der Waals surface area contributed by atoms with Crippen LogP contribution in [0, 0.1) is 0 Å². The highest BCUT2D eigenvalue weighted by atomic mass is 16.2. The normalized spacial score (nSPS) is 21.3. The van der Waals surface area contributed by atoms with Crippen LogP contribution in [0.4, 0.5) is 0 Å². The molecule has 118 valence electrons. The van der Waals surface area contributed by atoms with Crippen LogP contribution in [0.2, 0.25) is 0 Å². The molecular formula is C18H24N2O2. The molecular weight excluding hydrogens is 276 g/mol. The highest BCUT2D eigenvalue weighted by molar-refractivity contribution is 5.95. The molecule has 1 aliphatic heterocycles. The van der Waals surface area contributed by atoms with Crippen LogP contribution in [0.3, 0.4) is 0 Å². The highest BCUT2D eigenvalue weighted by Gasteiger charge is 2.29. The van der Waals surface area contributed by atoms with Crippen molar-refractivity contribution in [2.75, 3.05) is 6.54 Å². The van der Waals surface area contributed by atoms with E-state index in [0.717, 1.165) is 44.2 Å². The SMILES string of the molecule is NC(=O)C[C@@H]1CCCCN1C(=O)c1ccc2c(c1)CCCC2. The Balaban J connectivity index is 1.80. The molecule has 0 bridgehead atoms. The van der Waals surface area contributed by atoms with Gasteiger partial charge in [0, 0.05) is 24.6 Å². The number of hydrogen-bond acceptors (Lipinski definition) is 2. The molecule has 1 atom stereocenters. The van der Waals surface area contributed by atoms with E-state index in [1.807, 2.05) is 11.0 Å². The quantitative estimate of drug-likeness (QED) is 0.932. The van der Waals surface area contributed by atoms with Crippen molar-refractivity contribution >= 4 is 11.8 Å². The summed E-state index contributed by atoms with van der Waals surface area (Å²) in [6.45, 7) is 0.730. The first-order valence-electron chi connectivity index (χ1n) is 8.36. The lowest BCUT2D eigenvalue weighted by molar-refractivity contribution is -0.119. The zero-order valence-electron chi connectivity index (χ0n) is 13.0. The third-order valence-corrected chi connectivity index (χ3v) is 4.92. The number of carbonyl (C=O) groups excluding carboxylic acids is 2. The molecule has 0 unspecified atom stereocenters. The van der Waals surface area contributed by atoms with E-state index in [-0.39, 0.29) is 24.3 Å². The predicted molar refractivity (Wildman–Crippen MR) is 85.6 cm³/mol. The van der Waals surface area contributed by atoms with Crippen LogP contribution in [0.15, 0.2) is 18.2 Å². The minimum Gasteiger partial charge on any atom is -0.370 e. The first-order chi connectivity index (χ1) is 10.6. The smallest absolute Gasteiger partial charge is 0.254 e. The summed E-state index contributed by atoms with van der Waals surface area (Å²) in [7, 11) is 0. The van der Waals surface area contributed by atoms with Gasteiger partial charge in [-0.05, 0) is 68.2 Å². The van der Waals surface area contributed by atoms with Crippen LogP contribution >= 0.6 is 0 Å². The Morgan fingerprint density at radius 3 is 2.64 bits per heavy atom. The number of carbonyl (C=O) groups is 2. The third-order valence-electron chi connectivity index (χ3n) is 4.92. The van der Waals surface area contributed by atoms with Gasteiger partial charge in [0.1, 0.15) is 0 Å². The molecule has 2 N–H and O–H groups in total. The summed E-state index contributed by atoms with van der Waals surface area (Å²) in [5.74, 6) is -0.269. The van der Waals surface area contributed by atoms with Crippen molar-refractivity contribution in [3.63, 3.8) is 0 Å². The number of benzene rings is 1. The molecule has 0 radical (unpaired) electrons. The Morgan fingerprint density at radius 2 is 1.86 bits per heavy atom. The van der Waals surface area contributed by atoms with E-state index in [0.29, 0.717) is 0 Å². The van der Waals surface area contributed by atoms with Crippen molar-refractivity contribution in [2.24, 2.45) is 5.73 Å². The summed E-state index contributed by atoms with van der Waals surface area (Å²) in [5.41, 5.74) is 8.80. The number of piperidine rings is 1. The first kappa shape index (κ1) is 15.1. The third kappa shape index (κ3) is 3.16. The second-order valence-corrected chi connectivity index (χ2v) is 6.51. The number of likely N-dealkylation sites (tertiary alicyclic amines) is 1. The predicted octanol–water partition coefficient (Wildman–Crippen LogP) is 2.44. The van der Waals surface area contributed by atoms with E-state index in [2.05, 4.69) is 12.1 Å². The Labute approximate surface area is 131 Å². The van der Waals surface area contributed by atoms with Gasteiger partial charge in [-0.2, -0.15) is 0 Å². The number of fused-ring (bicyclic) bond motifs is 1. The van der Waals surface area contributed by atoms with E-state index in [9.17, 15) is 9.59 Å². The van der Waals surface area contributed by atoms with E-state index in [1.165, 1.54) is 24.0 Å². The van der Waals surface area contributed by atoms with Crippen LogP contribution in [-0.2, 0) is 17.6 Å². The van der Waals surface area contributed by atoms with Gasteiger partial charge >= 0.3 is 0 Å². The average molecular weight is 300 g/mol. The molecule has 2 aliphatic rings. The van der Waals surface area contributed by atoms with Gasteiger partial charge < -0.3 is 10.6 Å². The molecule has 1 fully saturated rings. The van der Waals surface area contributed by atoms with Gasteiger partial charge in [-0.3, -0.25) is 9.59 Å². The lowest BCUT2D eigenvalue weighted by Gasteiger charge is -2.35. The van der Waals surface area contributed by atoms with Crippen LogP contribution in [0.5, 0.6) is 0 Å². The first-order valence-corrected chi connectivity index (χ1v) is 8.36. The molecule has 1 aromatic rings. The van der Waals surface area contributed by atoms with Gasteiger partial charge in [0.25, 0.3) is 5.91 Å². The van der Waals surface area contributed by atoms with Crippen molar-refractivity contribution in [1.29, 1.82) is 0 Å². The summed E-state index contributed by atoms with van der Waals surface area (Å²) >= 11 is 0. The summed E-state index contributed by atoms with van der Waals surface area (Å²) < 4.78 is 0. The van der Waals surface area contributed by atoms with E-state index in [4.69, 9.17) is 5.73 Å². The number of nitrogens with two attached hydrogens (primary N) is 1. The Bertz CT molecular complexity index is 582. The molecule has 2 amide bonds. The summed E-state index contributed by atoms with van der Waals surface area (Å²) in [4.78, 5) is 26.0. The number of primary amides is 1. The molecule has 4 heteroatoms. The van der Waals surface area contributed by atoms with Crippen LogP contribution < -0.4 is 5.73 Å². The van der Waals surface area contributed by atoms with Crippen molar-refractivity contribution < 1.29 is 9.59 Å². The number of amides is 2. The molecule has 22 heavy (non-hydrogen) atoms. The van der Waals surface area contributed by atoms with E-state index in [1.54, 1.807) is 0 Å². The Kier molecular flexibility index (Phi) is 4.46. The van der Waals surface area contributed by atoms with Crippen molar-refractivity contribution in [3.8, 4) is 0 Å². The van der Waals surface area contributed by atoms with E-state index >= 15 is 0 Å². The van der Waals surface area contributed by atoms with Crippen molar-refractivity contribution in [2.45, 2.75) is 57.4 Å².